The van der Waals surface area contributed by atoms with Crippen LogP contribution in [0.15, 0.2) is 15.9 Å². The quantitative estimate of drug-likeness (QED) is 0.644. The van der Waals surface area contributed by atoms with Crippen molar-refractivity contribution in [2.75, 3.05) is 13.1 Å². The van der Waals surface area contributed by atoms with Crippen LogP contribution >= 0.6 is 27.3 Å². The minimum absolute atomic E-state index is 0.0919. The summed E-state index contributed by atoms with van der Waals surface area (Å²) in [6, 6.07) is 2.38. The van der Waals surface area contributed by atoms with Crippen LogP contribution in [0.3, 0.4) is 0 Å². The summed E-state index contributed by atoms with van der Waals surface area (Å²) in [7, 11) is 0. The third-order valence-corrected chi connectivity index (χ3v) is 6.00. The van der Waals surface area contributed by atoms with Crippen LogP contribution < -0.4 is 11.3 Å². The van der Waals surface area contributed by atoms with Crippen molar-refractivity contribution in [3.63, 3.8) is 0 Å². The van der Waals surface area contributed by atoms with Gasteiger partial charge in [-0.25, -0.2) is 0 Å². The maximum Gasteiger partial charge on any atom is 0.0437 e. The van der Waals surface area contributed by atoms with Gasteiger partial charge in [-0.15, -0.1) is 11.3 Å². The Balaban J connectivity index is 2.09. The van der Waals surface area contributed by atoms with Gasteiger partial charge >= 0.3 is 0 Å². The molecule has 1 saturated heterocycles. The lowest BCUT2D eigenvalue weighted by molar-refractivity contribution is 0.107. The molecule has 1 fully saturated rings. The fourth-order valence-corrected chi connectivity index (χ4v) is 4.24. The lowest BCUT2D eigenvalue weighted by Crippen LogP contribution is -2.59. The second kappa shape index (κ2) is 6.01. The summed E-state index contributed by atoms with van der Waals surface area (Å²) >= 11 is 5.39. The molecule has 5 heteroatoms. The highest BCUT2D eigenvalue weighted by atomic mass is 79.9. The third-order valence-electron chi connectivity index (χ3n) is 4.06. The van der Waals surface area contributed by atoms with Gasteiger partial charge in [0.05, 0.1) is 0 Å². The maximum absolute atomic E-state index is 5.81. The number of rotatable bonds is 5. The van der Waals surface area contributed by atoms with E-state index in [-0.39, 0.29) is 11.6 Å². The normalized spacial score (nSPS) is 19.3. The second-order valence-corrected chi connectivity index (χ2v) is 7.32. The van der Waals surface area contributed by atoms with E-state index in [1.54, 1.807) is 11.3 Å². The summed E-state index contributed by atoms with van der Waals surface area (Å²) in [5.41, 5.74) is 3.12. The van der Waals surface area contributed by atoms with Crippen molar-refractivity contribution in [3.05, 3.63) is 20.8 Å². The number of nitrogens with one attached hydrogen (secondary N) is 1. The van der Waals surface area contributed by atoms with E-state index in [0.29, 0.717) is 0 Å². The zero-order chi connectivity index (χ0) is 13.2. The van der Waals surface area contributed by atoms with Crippen LogP contribution in [0.4, 0.5) is 0 Å². The van der Waals surface area contributed by atoms with Gasteiger partial charge in [-0.3, -0.25) is 16.2 Å². The molecule has 0 saturated carbocycles. The third kappa shape index (κ3) is 2.96. The van der Waals surface area contributed by atoms with Gasteiger partial charge in [-0.2, -0.15) is 0 Å². The molecule has 0 aliphatic carbocycles. The van der Waals surface area contributed by atoms with Crippen molar-refractivity contribution in [2.24, 2.45) is 5.84 Å². The molecule has 0 bridgehead atoms. The van der Waals surface area contributed by atoms with E-state index in [4.69, 9.17) is 5.84 Å². The molecule has 0 radical (unpaired) electrons. The highest BCUT2D eigenvalue weighted by Crippen LogP contribution is 2.30. The standard InChI is InChI=1S/C13H22BrN3S/c1-13(2,17-6-3-4-7-17)12(16-15)9-11-10(14)5-8-18-11/h5,8,12,16H,3-4,6-7,9,15H2,1-2H3. The molecule has 1 aromatic heterocycles. The van der Waals surface area contributed by atoms with Crippen molar-refractivity contribution in [3.8, 4) is 0 Å². The molecule has 0 spiro atoms. The van der Waals surface area contributed by atoms with E-state index < -0.39 is 0 Å². The molecular formula is C13H22BrN3S. The van der Waals surface area contributed by atoms with Crippen LogP contribution in [0.25, 0.3) is 0 Å². The molecule has 102 valence electrons. The summed E-state index contributed by atoms with van der Waals surface area (Å²) in [5, 5.41) is 2.12. The minimum Gasteiger partial charge on any atom is -0.297 e. The molecule has 3 N–H and O–H groups in total. The molecule has 2 heterocycles. The van der Waals surface area contributed by atoms with E-state index in [2.05, 4.69) is 51.5 Å². The molecule has 1 aliphatic rings. The molecule has 1 aromatic rings. The number of likely N-dealkylation sites (tertiary alicyclic amines) is 1. The molecule has 0 amide bonds. The van der Waals surface area contributed by atoms with Crippen LogP contribution in [-0.2, 0) is 6.42 Å². The fourth-order valence-electron chi connectivity index (χ4n) is 2.68. The van der Waals surface area contributed by atoms with Crippen molar-refractivity contribution < 1.29 is 0 Å². The van der Waals surface area contributed by atoms with Gasteiger partial charge in [-0.1, -0.05) is 0 Å². The highest BCUT2D eigenvalue weighted by Gasteiger charge is 2.36. The van der Waals surface area contributed by atoms with E-state index in [9.17, 15) is 0 Å². The Morgan fingerprint density at radius 3 is 2.67 bits per heavy atom. The second-order valence-electron chi connectivity index (χ2n) is 5.46. The highest BCUT2D eigenvalue weighted by molar-refractivity contribution is 9.10. The predicted molar refractivity (Wildman–Crippen MR) is 81.7 cm³/mol. The summed E-state index contributed by atoms with van der Waals surface area (Å²) in [5.74, 6) is 5.81. The number of hydrogen-bond acceptors (Lipinski definition) is 4. The predicted octanol–water partition coefficient (Wildman–Crippen LogP) is 2.76. The number of thiophene rings is 1. The van der Waals surface area contributed by atoms with Crippen LogP contribution in [-0.4, -0.2) is 29.6 Å². The van der Waals surface area contributed by atoms with Crippen LogP contribution in [0.2, 0.25) is 0 Å². The number of nitrogens with two attached hydrogens (primary N) is 1. The Morgan fingerprint density at radius 1 is 1.50 bits per heavy atom. The van der Waals surface area contributed by atoms with Crippen molar-refractivity contribution in [1.29, 1.82) is 0 Å². The minimum atomic E-state index is 0.0919. The van der Waals surface area contributed by atoms with Crippen LogP contribution in [0, 0.1) is 0 Å². The Bertz CT molecular complexity index is 385. The Hall–Kier alpha value is 0.0600. The Kier molecular flexibility index (Phi) is 4.83. The van der Waals surface area contributed by atoms with Crippen LogP contribution in [0.1, 0.15) is 31.6 Å². The summed E-state index contributed by atoms with van der Waals surface area (Å²) in [6.45, 7) is 6.97. The molecule has 0 aromatic carbocycles. The summed E-state index contributed by atoms with van der Waals surface area (Å²) in [6.07, 6.45) is 3.59. The lowest BCUT2D eigenvalue weighted by Gasteiger charge is -2.41. The van der Waals surface area contributed by atoms with E-state index in [1.165, 1.54) is 35.3 Å². The molecule has 2 rings (SSSR count). The zero-order valence-electron chi connectivity index (χ0n) is 11.1. The van der Waals surface area contributed by atoms with Gasteiger partial charge in [0, 0.05) is 27.4 Å². The average molecular weight is 332 g/mol. The topological polar surface area (TPSA) is 41.3 Å². The molecule has 18 heavy (non-hydrogen) atoms. The Labute approximate surface area is 122 Å². The van der Waals surface area contributed by atoms with Gasteiger partial charge < -0.3 is 0 Å². The largest absolute Gasteiger partial charge is 0.297 e. The van der Waals surface area contributed by atoms with E-state index >= 15 is 0 Å². The number of halogens is 1. The zero-order valence-corrected chi connectivity index (χ0v) is 13.5. The fraction of sp³-hybridized carbons (Fsp3) is 0.692. The monoisotopic (exact) mass is 331 g/mol. The van der Waals surface area contributed by atoms with Gasteiger partial charge in [-0.05, 0) is 67.2 Å². The first-order valence-corrected chi connectivity index (χ1v) is 8.16. The molecule has 1 unspecified atom stereocenters. The van der Waals surface area contributed by atoms with Gasteiger partial charge in [0.25, 0.3) is 0 Å². The van der Waals surface area contributed by atoms with Crippen LogP contribution in [0.5, 0.6) is 0 Å². The summed E-state index contributed by atoms with van der Waals surface area (Å²) < 4.78 is 1.20. The first-order valence-electron chi connectivity index (χ1n) is 6.48. The lowest BCUT2D eigenvalue weighted by atomic mass is 9.90. The first kappa shape index (κ1) is 14.5. The number of nitrogens with zero attached hydrogens (tertiary/aromatic N) is 1. The Morgan fingerprint density at radius 2 is 2.17 bits per heavy atom. The van der Waals surface area contributed by atoms with Gasteiger partial charge in [0.15, 0.2) is 0 Å². The average Bonchev–Trinajstić information content (AvgIpc) is 2.97. The summed E-state index contributed by atoms with van der Waals surface area (Å²) in [4.78, 5) is 3.92. The van der Waals surface area contributed by atoms with Crippen molar-refractivity contribution >= 4 is 27.3 Å². The van der Waals surface area contributed by atoms with Gasteiger partial charge in [0.2, 0.25) is 0 Å². The molecular weight excluding hydrogens is 310 g/mol. The maximum atomic E-state index is 5.81. The van der Waals surface area contributed by atoms with E-state index in [0.717, 1.165) is 6.42 Å². The van der Waals surface area contributed by atoms with E-state index in [1.807, 2.05) is 0 Å². The number of hydrogen-bond donors (Lipinski definition) is 2. The number of hydrazine groups is 1. The SMILES string of the molecule is CC(C)(C(Cc1sccc1Br)NN)N1CCCC1. The van der Waals surface area contributed by atoms with Crippen molar-refractivity contribution in [2.45, 2.75) is 44.7 Å². The van der Waals surface area contributed by atoms with Crippen molar-refractivity contribution in [1.82, 2.24) is 10.3 Å². The molecule has 1 atom stereocenters. The smallest absolute Gasteiger partial charge is 0.0437 e. The molecule has 3 nitrogen and oxygen atoms in total. The van der Waals surface area contributed by atoms with Gasteiger partial charge in [0.1, 0.15) is 0 Å². The first-order chi connectivity index (χ1) is 8.55. The molecule has 1 aliphatic heterocycles.